The highest BCUT2D eigenvalue weighted by atomic mass is 16.1. The molecule has 1 aliphatic heterocycles. The molecule has 0 bridgehead atoms. The molecule has 1 aliphatic rings. The van der Waals surface area contributed by atoms with E-state index >= 15 is 0 Å². The van der Waals surface area contributed by atoms with E-state index < -0.39 is 0 Å². The molecule has 3 aromatic heterocycles. The second-order valence-corrected chi connectivity index (χ2v) is 5.94. The lowest BCUT2D eigenvalue weighted by Gasteiger charge is -2.09. The zero-order valence-corrected chi connectivity index (χ0v) is 13.2. The zero-order valence-electron chi connectivity index (χ0n) is 13.2. The summed E-state index contributed by atoms with van der Waals surface area (Å²) in [5, 5.41) is 7.67. The van der Waals surface area contributed by atoms with Gasteiger partial charge in [0.05, 0.1) is 23.5 Å². The number of rotatable bonds is 1. The largest absolute Gasteiger partial charge is 0.325 e. The topological polar surface area (TPSA) is 72.2 Å². The van der Waals surface area contributed by atoms with Crippen LogP contribution < -0.4 is 5.32 Å². The molecule has 0 aliphatic carbocycles. The van der Waals surface area contributed by atoms with Crippen LogP contribution in [0.1, 0.15) is 5.56 Å². The van der Waals surface area contributed by atoms with E-state index in [-0.39, 0.29) is 12.3 Å². The van der Waals surface area contributed by atoms with Gasteiger partial charge in [0.1, 0.15) is 0 Å². The van der Waals surface area contributed by atoms with Crippen molar-refractivity contribution in [3.05, 3.63) is 66.6 Å². The molecule has 0 spiro atoms. The minimum absolute atomic E-state index is 0.0669. The number of benzene rings is 1. The van der Waals surface area contributed by atoms with Crippen molar-refractivity contribution in [2.75, 3.05) is 5.32 Å². The van der Waals surface area contributed by atoms with Gasteiger partial charge in [0.2, 0.25) is 5.91 Å². The van der Waals surface area contributed by atoms with Crippen LogP contribution in [0.15, 0.2) is 61.1 Å². The van der Waals surface area contributed by atoms with Crippen LogP contribution in [0.4, 0.5) is 5.69 Å². The van der Waals surface area contributed by atoms with Gasteiger partial charge in [-0.05, 0) is 6.07 Å². The summed E-state index contributed by atoms with van der Waals surface area (Å²) in [6, 6.07) is 13.7. The summed E-state index contributed by atoms with van der Waals surface area (Å²) in [4.78, 5) is 20.9. The Morgan fingerprint density at radius 2 is 1.96 bits per heavy atom. The van der Waals surface area contributed by atoms with Gasteiger partial charge in [-0.25, -0.2) is 9.50 Å². The average Bonchev–Trinajstić information content (AvgIpc) is 3.01. The normalized spacial score (nSPS) is 13.0. The number of fused-ring (bicyclic) bond motifs is 5. The third kappa shape index (κ3) is 2.19. The van der Waals surface area contributed by atoms with Gasteiger partial charge in [-0.15, -0.1) is 0 Å². The fraction of sp³-hybridized carbons (Fsp3) is 0.0526. The van der Waals surface area contributed by atoms with Gasteiger partial charge in [-0.3, -0.25) is 9.78 Å². The Hall–Kier alpha value is -3.54. The second kappa shape index (κ2) is 5.24. The molecule has 6 heteroatoms. The first-order valence-corrected chi connectivity index (χ1v) is 7.97. The number of nitrogens with zero attached hydrogens (tertiary/aromatic N) is 4. The molecule has 6 nitrogen and oxygen atoms in total. The monoisotopic (exact) mass is 327 g/mol. The Bertz CT molecular complexity index is 1120. The van der Waals surface area contributed by atoms with Gasteiger partial charge in [-0.2, -0.15) is 5.10 Å². The molecule has 25 heavy (non-hydrogen) atoms. The first kappa shape index (κ1) is 13.9. The van der Waals surface area contributed by atoms with E-state index in [2.05, 4.69) is 15.3 Å². The zero-order chi connectivity index (χ0) is 16.8. The SMILES string of the molecule is O=C1Cc2cnc3cc(-c4ccccc4)nn3c2-c2cnccc2N1. The highest BCUT2D eigenvalue weighted by Crippen LogP contribution is 2.33. The fourth-order valence-corrected chi connectivity index (χ4v) is 3.19. The summed E-state index contributed by atoms with van der Waals surface area (Å²) in [7, 11) is 0. The van der Waals surface area contributed by atoms with Gasteiger partial charge in [0, 0.05) is 41.3 Å². The molecule has 120 valence electrons. The van der Waals surface area contributed by atoms with Crippen molar-refractivity contribution >= 4 is 17.2 Å². The number of pyridine rings is 1. The molecule has 1 aromatic carbocycles. The van der Waals surface area contributed by atoms with E-state index in [1.54, 1.807) is 29.2 Å². The van der Waals surface area contributed by atoms with Crippen molar-refractivity contribution in [2.24, 2.45) is 0 Å². The van der Waals surface area contributed by atoms with Crippen LogP contribution in [-0.4, -0.2) is 25.5 Å². The van der Waals surface area contributed by atoms with Gasteiger partial charge in [0.25, 0.3) is 0 Å². The smallest absolute Gasteiger partial charge is 0.228 e. The minimum atomic E-state index is -0.0669. The standard InChI is InChI=1S/C19H13N5O/c25-18-8-13-10-21-17-9-16(12-4-2-1-3-5-12)23-24(17)19(13)14-11-20-7-6-15(14)22-18/h1-7,9-11H,8H2,(H,22,25). The molecule has 5 rings (SSSR count). The second-order valence-electron chi connectivity index (χ2n) is 5.94. The lowest BCUT2D eigenvalue weighted by Crippen LogP contribution is -2.12. The van der Waals surface area contributed by atoms with Crippen LogP contribution in [0.3, 0.4) is 0 Å². The minimum Gasteiger partial charge on any atom is -0.325 e. The van der Waals surface area contributed by atoms with Gasteiger partial charge in [-0.1, -0.05) is 30.3 Å². The molecule has 0 saturated heterocycles. The molecule has 4 heterocycles. The van der Waals surface area contributed by atoms with Crippen LogP contribution in [0, 0.1) is 0 Å². The average molecular weight is 327 g/mol. The third-order valence-corrected chi connectivity index (χ3v) is 4.33. The molecular weight excluding hydrogens is 314 g/mol. The first-order valence-electron chi connectivity index (χ1n) is 7.97. The van der Waals surface area contributed by atoms with E-state index in [1.165, 1.54) is 0 Å². The Morgan fingerprint density at radius 3 is 2.84 bits per heavy atom. The van der Waals surface area contributed by atoms with E-state index in [1.807, 2.05) is 36.4 Å². The molecule has 0 atom stereocenters. The Morgan fingerprint density at radius 1 is 1.08 bits per heavy atom. The lowest BCUT2D eigenvalue weighted by atomic mass is 10.1. The lowest BCUT2D eigenvalue weighted by molar-refractivity contribution is -0.115. The quantitative estimate of drug-likeness (QED) is 0.583. The van der Waals surface area contributed by atoms with Crippen molar-refractivity contribution in [2.45, 2.75) is 6.42 Å². The molecule has 0 fully saturated rings. The van der Waals surface area contributed by atoms with Crippen LogP contribution in [-0.2, 0) is 11.2 Å². The molecule has 0 radical (unpaired) electrons. The van der Waals surface area contributed by atoms with Gasteiger partial charge >= 0.3 is 0 Å². The summed E-state index contributed by atoms with van der Waals surface area (Å²) in [6.45, 7) is 0. The van der Waals surface area contributed by atoms with Crippen LogP contribution >= 0.6 is 0 Å². The van der Waals surface area contributed by atoms with Crippen molar-refractivity contribution in [3.63, 3.8) is 0 Å². The van der Waals surface area contributed by atoms with Crippen LogP contribution in [0.5, 0.6) is 0 Å². The van der Waals surface area contributed by atoms with E-state index in [0.29, 0.717) is 0 Å². The highest BCUT2D eigenvalue weighted by Gasteiger charge is 2.23. The molecule has 4 aromatic rings. The van der Waals surface area contributed by atoms with Crippen LogP contribution in [0.2, 0.25) is 0 Å². The number of anilines is 1. The summed E-state index contributed by atoms with van der Waals surface area (Å²) in [5.74, 6) is -0.0669. The predicted molar refractivity (Wildman–Crippen MR) is 94.0 cm³/mol. The molecule has 0 saturated carbocycles. The summed E-state index contributed by atoms with van der Waals surface area (Å²) in [5.41, 5.74) is 5.88. The van der Waals surface area contributed by atoms with Gasteiger partial charge in [0.15, 0.2) is 5.65 Å². The number of amides is 1. The third-order valence-electron chi connectivity index (χ3n) is 4.33. The highest BCUT2D eigenvalue weighted by molar-refractivity contribution is 5.99. The van der Waals surface area contributed by atoms with Gasteiger partial charge < -0.3 is 5.32 Å². The van der Waals surface area contributed by atoms with Crippen molar-refractivity contribution in [1.29, 1.82) is 0 Å². The number of nitrogens with one attached hydrogen (secondary N) is 1. The number of hydrogen-bond donors (Lipinski definition) is 1. The van der Waals surface area contributed by atoms with E-state index in [9.17, 15) is 4.79 Å². The maximum absolute atomic E-state index is 12.2. The van der Waals surface area contributed by atoms with E-state index in [4.69, 9.17) is 5.10 Å². The van der Waals surface area contributed by atoms with Crippen molar-refractivity contribution in [1.82, 2.24) is 19.6 Å². The number of aromatic nitrogens is 4. The number of carbonyl (C=O) groups excluding carboxylic acids is 1. The predicted octanol–water partition coefficient (Wildman–Crippen LogP) is 2.95. The van der Waals surface area contributed by atoms with Crippen LogP contribution in [0.25, 0.3) is 28.2 Å². The number of hydrogen-bond acceptors (Lipinski definition) is 4. The summed E-state index contributed by atoms with van der Waals surface area (Å²) >= 11 is 0. The molecule has 1 N–H and O–H groups in total. The van der Waals surface area contributed by atoms with E-state index in [0.717, 1.165) is 39.4 Å². The fourth-order valence-electron chi connectivity index (χ4n) is 3.19. The Kier molecular flexibility index (Phi) is 2.90. The summed E-state index contributed by atoms with van der Waals surface area (Å²) < 4.78 is 1.80. The molecular formula is C19H13N5O. The van der Waals surface area contributed by atoms with Crippen molar-refractivity contribution in [3.8, 4) is 22.5 Å². The maximum atomic E-state index is 12.2. The Labute approximate surface area is 143 Å². The first-order chi connectivity index (χ1) is 12.3. The molecule has 0 unspecified atom stereocenters. The van der Waals surface area contributed by atoms with Crippen molar-refractivity contribution < 1.29 is 4.79 Å². The number of carbonyl (C=O) groups is 1. The summed E-state index contributed by atoms with van der Waals surface area (Å²) in [6.07, 6.45) is 5.43. The maximum Gasteiger partial charge on any atom is 0.228 e. The Balaban J connectivity index is 1.82. The molecule has 1 amide bonds.